The van der Waals surface area contributed by atoms with Crippen LogP contribution in [0.2, 0.25) is 0 Å². The lowest BCUT2D eigenvalue weighted by atomic mass is 9.98. The largest absolute Gasteiger partial charge is 0.348 e. The van der Waals surface area contributed by atoms with Crippen LogP contribution in [0, 0.1) is 6.92 Å². The van der Waals surface area contributed by atoms with Gasteiger partial charge < -0.3 is 5.32 Å². The van der Waals surface area contributed by atoms with E-state index in [1.807, 2.05) is 0 Å². The molecule has 0 aliphatic heterocycles. The number of aromatic nitrogens is 1. The number of nitrogens with one attached hydrogen (secondary N) is 1. The molecule has 1 N–H and O–H groups in total. The molecule has 1 aromatic carbocycles. The first-order valence-corrected chi connectivity index (χ1v) is 6.85. The first-order valence-electron chi connectivity index (χ1n) is 6.85. The molecule has 4 heteroatoms. The number of amides is 1. The summed E-state index contributed by atoms with van der Waals surface area (Å²) in [6, 6.07) is 9.86. The minimum atomic E-state index is -0.0678. The molecule has 0 aliphatic carbocycles. The van der Waals surface area contributed by atoms with Gasteiger partial charge in [0.05, 0.1) is 0 Å². The van der Waals surface area contributed by atoms with Crippen LogP contribution >= 0.6 is 12.4 Å². The fourth-order valence-electron chi connectivity index (χ4n) is 2.02. The number of aryl methyl sites for hydroxylation is 1. The molecule has 0 atom stereocenters. The zero-order valence-electron chi connectivity index (χ0n) is 12.6. The van der Waals surface area contributed by atoms with E-state index in [0.29, 0.717) is 18.0 Å². The Hall–Kier alpha value is -1.87. The summed E-state index contributed by atoms with van der Waals surface area (Å²) in [4.78, 5) is 15.9. The van der Waals surface area contributed by atoms with Gasteiger partial charge in [-0.05, 0) is 41.7 Å². The second kappa shape index (κ2) is 7.79. The van der Waals surface area contributed by atoms with E-state index in [0.717, 1.165) is 0 Å². The van der Waals surface area contributed by atoms with Gasteiger partial charge in [-0.3, -0.25) is 9.78 Å². The van der Waals surface area contributed by atoms with E-state index in [1.165, 1.54) is 16.7 Å². The minimum absolute atomic E-state index is 0. The lowest BCUT2D eigenvalue weighted by molar-refractivity contribution is 0.0951. The van der Waals surface area contributed by atoms with Crippen LogP contribution in [-0.2, 0) is 6.54 Å². The standard InChI is InChI=1S/C17H20N2O.ClH/c1-12(2)15-5-4-13(3)16(10-15)11-19-17(20)14-6-8-18-9-7-14;/h4-10,12H,11H2,1-3H3,(H,19,20);1H. The van der Waals surface area contributed by atoms with Crippen LogP contribution in [0.5, 0.6) is 0 Å². The Kier molecular flexibility index (Phi) is 6.38. The second-order valence-electron chi connectivity index (χ2n) is 5.26. The van der Waals surface area contributed by atoms with E-state index in [9.17, 15) is 4.79 Å². The fourth-order valence-corrected chi connectivity index (χ4v) is 2.02. The maximum absolute atomic E-state index is 12.0. The average molecular weight is 305 g/mol. The normalized spacial score (nSPS) is 10.1. The molecule has 0 radical (unpaired) electrons. The van der Waals surface area contributed by atoms with Crippen molar-refractivity contribution in [3.05, 3.63) is 65.0 Å². The van der Waals surface area contributed by atoms with Crippen molar-refractivity contribution in [3.8, 4) is 0 Å². The van der Waals surface area contributed by atoms with Gasteiger partial charge in [-0.25, -0.2) is 0 Å². The Labute approximate surface area is 132 Å². The van der Waals surface area contributed by atoms with Gasteiger partial charge in [-0.15, -0.1) is 12.4 Å². The number of carbonyl (C=O) groups excluding carboxylic acids is 1. The van der Waals surface area contributed by atoms with Crippen molar-refractivity contribution in [1.82, 2.24) is 10.3 Å². The van der Waals surface area contributed by atoms with Crippen molar-refractivity contribution < 1.29 is 4.79 Å². The minimum Gasteiger partial charge on any atom is -0.348 e. The third-order valence-electron chi connectivity index (χ3n) is 3.42. The number of carbonyl (C=O) groups is 1. The first kappa shape index (κ1) is 17.2. The van der Waals surface area contributed by atoms with Crippen LogP contribution < -0.4 is 5.32 Å². The number of rotatable bonds is 4. The van der Waals surface area contributed by atoms with Gasteiger partial charge in [0.15, 0.2) is 0 Å². The van der Waals surface area contributed by atoms with E-state index in [2.05, 4.69) is 49.3 Å². The number of hydrogen-bond donors (Lipinski definition) is 1. The molecule has 0 aliphatic rings. The summed E-state index contributed by atoms with van der Waals surface area (Å²) in [5, 5.41) is 2.96. The van der Waals surface area contributed by atoms with E-state index in [4.69, 9.17) is 0 Å². The fraction of sp³-hybridized carbons (Fsp3) is 0.294. The van der Waals surface area contributed by atoms with Gasteiger partial charge in [0.25, 0.3) is 5.91 Å². The summed E-state index contributed by atoms with van der Waals surface area (Å²) in [7, 11) is 0. The molecule has 0 spiro atoms. The highest BCUT2D eigenvalue weighted by molar-refractivity contribution is 5.93. The molecule has 3 nitrogen and oxygen atoms in total. The summed E-state index contributed by atoms with van der Waals surface area (Å²) < 4.78 is 0. The highest BCUT2D eigenvalue weighted by Gasteiger charge is 2.07. The number of halogens is 1. The predicted octanol–water partition coefficient (Wildman–Crippen LogP) is 3.87. The van der Waals surface area contributed by atoms with Crippen LogP contribution in [0.25, 0.3) is 0 Å². The van der Waals surface area contributed by atoms with Gasteiger partial charge in [0, 0.05) is 24.5 Å². The quantitative estimate of drug-likeness (QED) is 0.932. The molecule has 21 heavy (non-hydrogen) atoms. The Balaban J connectivity index is 0.00000220. The smallest absolute Gasteiger partial charge is 0.251 e. The molecule has 1 aromatic heterocycles. The van der Waals surface area contributed by atoms with Gasteiger partial charge in [-0.2, -0.15) is 0 Å². The topological polar surface area (TPSA) is 42.0 Å². The van der Waals surface area contributed by atoms with Crippen molar-refractivity contribution in [3.63, 3.8) is 0 Å². The third kappa shape index (κ3) is 4.57. The third-order valence-corrected chi connectivity index (χ3v) is 3.42. The van der Waals surface area contributed by atoms with E-state index >= 15 is 0 Å². The molecule has 0 unspecified atom stereocenters. The Morgan fingerprint density at radius 3 is 2.48 bits per heavy atom. The summed E-state index contributed by atoms with van der Waals surface area (Å²) in [5.41, 5.74) is 4.30. The number of nitrogens with zero attached hydrogens (tertiary/aromatic N) is 1. The molecular weight excluding hydrogens is 284 g/mol. The summed E-state index contributed by atoms with van der Waals surface area (Å²) in [6.45, 7) is 6.96. The van der Waals surface area contributed by atoms with Gasteiger partial charge in [0.1, 0.15) is 0 Å². The van der Waals surface area contributed by atoms with E-state index in [-0.39, 0.29) is 18.3 Å². The van der Waals surface area contributed by atoms with Crippen LogP contribution in [0.15, 0.2) is 42.7 Å². The number of benzene rings is 1. The SMILES string of the molecule is Cc1ccc(C(C)C)cc1CNC(=O)c1ccncc1.Cl. The molecular formula is C17H21ClN2O. The monoisotopic (exact) mass is 304 g/mol. The molecule has 0 bridgehead atoms. The lowest BCUT2D eigenvalue weighted by Gasteiger charge is -2.12. The second-order valence-corrected chi connectivity index (χ2v) is 5.26. The summed E-state index contributed by atoms with van der Waals surface area (Å²) >= 11 is 0. The van der Waals surface area contributed by atoms with Crippen LogP contribution in [0.3, 0.4) is 0 Å². The summed E-state index contributed by atoms with van der Waals surface area (Å²) in [5.74, 6) is 0.423. The van der Waals surface area contributed by atoms with Gasteiger partial charge in [-0.1, -0.05) is 32.0 Å². The van der Waals surface area contributed by atoms with E-state index in [1.54, 1.807) is 24.5 Å². The maximum Gasteiger partial charge on any atom is 0.251 e. The van der Waals surface area contributed by atoms with Crippen LogP contribution in [-0.4, -0.2) is 10.9 Å². The molecule has 1 amide bonds. The molecule has 0 saturated carbocycles. The predicted molar refractivity (Wildman–Crippen MR) is 87.9 cm³/mol. The molecule has 0 fully saturated rings. The van der Waals surface area contributed by atoms with Gasteiger partial charge in [0.2, 0.25) is 0 Å². The highest BCUT2D eigenvalue weighted by atomic mass is 35.5. The number of pyridine rings is 1. The average Bonchev–Trinajstić information content (AvgIpc) is 2.46. The summed E-state index contributed by atoms with van der Waals surface area (Å²) in [6.07, 6.45) is 3.25. The Morgan fingerprint density at radius 1 is 1.19 bits per heavy atom. The molecule has 0 saturated heterocycles. The molecule has 2 rings (SSSR count). The molecule has 1 heterocycles. The zero-order valence-corrected chi connectivity index (χ0v) is 13.4. The zero-order chi connectivity index (χ0) is 14.5. The van der Waals surface area contributed by atoms with Crippen LogP contribution in [0.4, 0.5) is 0 Å². The van der Waals surface area contributed by atoms with Gasteiger partial charge >= 0.3 is 0 Å². The Bertz CT molecular complexity index is 597. The lowest BCUT2D eigenvalue weighted by Crippen LogP contribution is -2.23. The van der Waals surface area contributed by atoms with Crippen molar-refractivity contribution >= 4 is 18.3 Å². The van der Waals surface area contributed by atoms with Crippen molar-refractivity contribution in [1.29, 1.82) is 0 Å². The highest BCUT2D eigenvalue weighted by Crippen LogP contribution is 2.18. The number of hydrogen-bond acceptors (Lipinski definition) is 2. The Morgan fingerprint density at radius 2 is 1.86 bits per heavy atom. The van der Waals surface area contributed by atoms with Crippen molar-refractivity contribution in [2.45, 2.75) is 33.2 Å². The van der Waals surface area contributed by atoms with E-state index < -0.39 is 0 Å². The molecule has 112 valence electrons. The van der Waals surface area contributed by atoms with Crippen LogP contribution in [0.1, 0.15) is 46.8 Å². The molecule has 2 aromatic rings. The van der Waals surface area contributed by atoms with Crippen molar-refractivity contribution in [2.75, 3.05) is 0 Å². The first-order chi connectivity index (χ1) is 9.58. The maximum atomic E-state index is 12.0. The van der Waals surface area contributed by atoms with Crippen molar-refractivity contribution in [2.24, 2.45) is 0 Å².